The van der Waals surface area contributed by atoms with Crippen LogP contribution in [0.5, 0.6) is 0 Å². The van der Waals surface area contributed by atoms with E-state index in [9.17, 15) is 9.59 Å². The third-order valence-electron chi connectivity index (χ3n) is 7.54. The van der Waals surface area contributed by atoms with Crippen LogP contribution >= 0.6 is 0 Å². The van der Waals surface area contributed by atoms with Gasteiger partial charge >= 0.3 is 0 Å². The molecule has 4 aromatic rings. The zero-order valence-corrected chi connectivity index (χ0v) is 22.2. The maximum Gasteiger partial charge on any atom is 0.230 e. The lowest BCUT2D eigenvalue weighted by atomic mass is 9.94. The van der Waals surface area contributed by atoms with E-state index in [4.69, 9.17) is 0 Å². The SMILES string of the molecule is CCC(=O)/C=C/c1cccc(N(Cc2cccc3cc4cnn(C)c4c(F)c23)C(=O)C2CCN(C)CC2)c1. The molecule has 1 fully saturated rings. The van der Waals surface area contributed by atoms with E-state index in [-0.39, 0.29) is 30.0 Å². The molecule has 1 amide bonds. The topological polar surface area (TPSA) is 58.4 Å². The number of aryl methyl sites for hydroxylation is 1. The lowest BCUT2D eigenvalue weighted by Crippen LogP contribution is -2.41. The Bertz CT molecular complexity index is 1530. The summed E-state index contributed by atoms with van der Waals surface area (Å²) in [5, 5.41) is 6.27. The van der Waals surface area contributed by atoms with Crippen molar-refractivity contribution in [1.82, 2.24) is 14.7 Å². The lowest BCUT2D eigenvalue weighted by molar-refractivity contribution is -0.123. The fourth-order valence-electron chi connectivity index (χ4n) is 5.30. The molecule has 38 heavy (non-hydrogen) atoms. The molecule has 0 spiro atoms. The van der Waals surface area contributed by atoms with Crippen molar-refractivity contribution in [3.05, 3.63) is 77.7 Å². The first-order chi connectivity index (χ1) is 18.4. The van der Waals surface area contributed by atoms with Crippen molar-refractivity contribution in [2.45, 2.75) is 32.7 Å². The Morgan fingerprint density at radius 3 is 2.61 bits per heavy atom. The van der Waals surface area contributed by atoms with Crippen LogP contribution in [0.25, 0.3) is 27.8 Å². The largest absolute Gasteiger partial charge is 0.308 e. The molecule has 2 heterocycles. The highest BCUT2D eigenvalue weighted by molar-refractivity contribution is 6.01. The van der Waals surface area contributed by atoms with Gasteiger partial charge in [0, 0.05) is 35.8 Å². The number of halogens is 1. The lowest BCUT2D eigenvalue weighted by Gasteiger charge is -2.33. The summed E-state index contributed by atoms with van der Waals surface area (Å²) in [4.78, 5) is 29.9. The van der Waals surface area contributed by atoms with Gasteiger partial charge in [0.1, 0.15) is 5.52 Å². The van der Waals surface area contributed by atoms with Gasteiger partial charge in [-0.25, -0.2) is 4.39 Å². The van der Waals surface area contributed by atoms with Gasteiger partial charge < -0.3 is 9.80 Å². The van der Waals surface area contributed by atoms with Crippen molar-refractivity contribution in [1.29, 1.82) is 0 Å². The second kappa shape index (κ2) is 10.9. The zero-order valence-electron chi connectivity index (χ0n) is 22.2. The van der Waals surface area contributed by atoms with Crippen LogP contribution in [0.1, 0.15) is 37.3 Å². The molecule has 6 nitrogen and oxygen atoms in total. The highest BCUT2D eigenvalue weighted by Gasteiger charge is 2.29. The summed E-state index contributed by atoms with van der Waals surface area (Å²) in [6, 6.07) is 15.3. The number of likely N-dealkylation sites (tertiary alicyclic amines) is 1. The van der Waals surface area contributed by atoms with Gasteiger partial charge in [-0.1, -0.05) is 43.3 Å². The minimum absolute atomic E-state index is 0.0439. The first-order valence-electron chi connectivity index (χ1n) is 13.2. The Morgan fingerprint density at radius 2 is 1.84 bits per heavy atom. The van der Waals surface area contributed by atoms with E-state index >= 15 is 4.39 Å². The van der Waals surface area contributed by atoms with Crippen molar-refractivity contribution in [2.24, 2.45) is 13.0 Å². The number of allylic oxidation sites excluding steroid dienone is 1. The van der Waals surface area contributed by atoms with Crippen molar-refractivity contribution in [3.8, 4) is 0 Å². The van der Waals surface area contributed by atoms with Crippen LogP contribution in [0.3, 0.4) is 0 Å². The minimum atomic E-state index is -0.324. The number of benzene rings is 3. The summed E-state index contributed by atoms with van der Waals surface area (Å²) in [7, 11) is 3.81. The number of rotatable bonds is 7. The molecule has 5 rings (SSSR count). The van der Waals surface area contributed by atoms with Gasteiger partial charge in [0.15, 0.2) is 11.6 Å². The number of hydrogen-bond acceptors (Lipinski definition) is 4. The van der Waals surface area contributed by atoms with Gasteiger partial charge in [-0.05, 0) is 73.8 Å². The third-order valence-corrected chi connectivity index (χ3v) is 7.54. The number of aromatic nitrogens is 2. The van der Waals surface area contributed by atoms with Crippen LogP contribution in [0, 0.1) is 11.7 Å². The van der Waals surface area contributed by atoms with Crippen LogP contribution in [0.2, 0.25) is 0 Å². The molecule has 0 atom stereocenters. The van der Waals surface area contributed by atoms with Crippen molar-refractivity contribution in [2.75, 3.05) is 25.0 Å². The van der Waals surface area contributed by atoms with Crippen molar-refractivity contribution in [3.63, 3.8) is 0 Å². The van der Waals surface area contributed by atoms with E-state index in [1.807, 2.05) is 55.5 Å². The Hall–Kier alpha value is -3.84. The maximum absolute atomic E-state index is 15.9. The smallest absolute Gasteiger partial charge is 0.230 e. The first-order valence-corrected chi connectivity index (χ1v) is 13.2. The molecule has 3 aromatic carbocycles. The predicted molar refractivity (Wildman–Crippen MR) is 150 cm³/mol. The monoisotopic (exact) mass is 512 g/mol. The highest BCUT2D eigenvalue weighted by atomic mass is 19.1. The van der Waals surface area contributed by atoms with E-state index in [2.05, 4.69) is 17.0 Å². The molecule has 1 saturated heterocycles. The molecule has 0 unspecified atom stereocenters. The molecule has 7 heteroatoms. The van der Waals surface area contributed by atoms with E-state index in [0.29, 0.717) is 17.3 Å². The molecule has 196 valence electrons. The quantitative estimate of drug-likeness (QED) is 0.297. The first kappa shape index (κ1) is 25.8. The fraction of sp³-hybridized carbons (Fsp3) is 0.323. The van der Waals surface area contributed by atoms with Crippen molar-refractivity contribution < 1.29 is 14.0 Å². The van der Waals surface area contributed by atoms with Crippen LogP contribution in [0.4, 0.5) is 10.1 Å². The maximum atomic E-state index is 15.9. The Morgan fingerprint density at radius 1 is 1.08 bits per heavy atom. The summed E-state index contributed by atoms with van der Waals surface area (Å²) in [6.45, 7) is 3.80. The Kier molecular flexibility index (Phi) is 7.38. The van der Waals surface area contributed by atoms with Crippen LogP contribution in [-0.2, 0) is 23.2 Å². The van der Waals surface area contributed by atoms with E-state index in [1.54, 1.807) is 35.0 Å². The van der Waals surface area contributed by atoms with Gasteiger partial charge in [-0.3, -0.25) is 14.3 Å². The van der Waals surface area contributed by atoms with E-state index in [1.165, 1.54) is 0 Å². The number of carbonyl (C=O) groups excluding carboxylic acids is 2. The number of hydrogen-bond donors (Lipinski definition) is 0. The summed E-state index contributed by atoms with van der Waals surface area (Å²) in [5.74, 6) is -0.338. The van der Waals surface area contributed by atoms with Gasteiger partial charge in [0.25, 0.3) is 0 Å². The zero-order chi connectivity index (χ0) is 26.8. The third kappa shape index (κ3) is 5.11. The average Bonchev–Trinajstić information content (AvgIpc) is 3.31. The molecule has 0 N–H and O–H groups in total. The summed E-state index contributed by atoms with van der Waals surface area (Å²) in [5.41, 5.74) is 2.77. The summed E-state index contributed by atoms with van der Waals surface area (Å²) >= 11 is 0. The van der Waals surface area contributed by atoms with Gasteiger partial charge in [-0.2, -0.15) is 5.10 Å². The van der Waals surface area contributed by atoms with E-state index in [0.717, 1.165) is 53.5 Å². The molecule has 0 saturated carbocycles. The van der Waals surface area contributed by atoms with Crippen LogP contribution in [0.15, 0.2) is 60.8 Å². The summed E-state index contributed by atoms with van der Waals surface area (Å²) in [6.07, 6.45) is 7.04. The molecule has 1 aromatic heterocycles. The second-order valence-corrected chi connectivity index (χ2v) is 10.2. The highest BCUT2D eigenvalue weighted by Crippen LogP contribution is 2.32. The predicted octanol–water partition coefficient (Wildman–Crippen LogP) is 5.73. The molecule has 0 radical (unpaired) electrons. The average molecular weight is 513 g/mol. The Labute approximate surface area is 222 Å². The van der Waals surface area contributed by atoms with Crippen molar-refractivity contribution >= 4 is 45.1 Å². The molecule has 1 aliphatic heterocycles. The summed E-state index contributed by atoms with van der Waals surface area (Å²) < 4.78 is 17.5. The standard InChI is InChI=1S/C31H33FN4O2/c1-4-27(37)12-11-21-7-5-10-26(17-21)36(31(38)22-13-15-34(2)16-14-22)20-24-9-6-8-23-18-25-19-33-35(3)30(25)29(32)28(23)24/h5-12,17-19,22H,4,13-16,20H2,1-3H3/b12-11+. The second-order valence-electron chi connectivity index (χ2n) is 10.2. The number of fused-ring (bicyclic) bond motifs is 2. The number of carbonyl (C=O) groups is 2. The number of nitrogens with zero attached hydrogens (tertiary/aromatic N) is 4. The van der Waals surface area contributed by atoms with Gasteiger partial charge in [0.05, 0.1) is 12.7 Å². The number of anilines is 1. The van der Waals surface area contributed by atoms with Gasteiger partial charge in [0.2, 0.25) is 5.91 Å². The molecular formula is C31H33FN4O2. The number of ketones is 1. The minimum Gasteiger partial charge on any atom is -0.308 e. The van der Waals surface area contributed by atoms with Crippen LogP contribution < -0.4 is 4.90 Å². The fourth-order valence-corrected chi connectivity index (χ4v) is 5.30. The van der Waals surface area contributed by atoms with Gasteiger partial charge in [-0.15, -0.1) is 0 Å². The van der Waals surface area contributed by atoms with E-state index < -0.39 is 0 Å². The molecule has 1 aliphatic rings. The number of piperidine rings is 1. The normalized spacial score (nSPS) is 15.1. The van der Waals surface area contributed by atoms with Crippen LogP contribution in [-0.4, -0.2) is 46.5 Å². The molecule has 0 aliphatic carbocycles. The molecule has 0 bridgehead atoms. The molecular weight excluding hydrogens is 479 g/mol. The Balaban J connectivity index is 1.58. The number of amides is 1.